The zero-order valence-electron chi connectivity index (χ0n) is 7.83. The van der Waals surface area contributed by atoms with Crippen LogP contribution in [0.3, 0.4) is 0 Å². The Bertz CT molecular complexity index is 193. The second-order valence-corrected chi connectivity index (χ2v) is 1.89. The van der Waals surface area contributed by atoms with Crippen LogP contribution in [0.1, 0.15) is 20.8 Å². The van der Waals surface area contributed by atoms with Gasteiger partial charge in [-0.25, -0.2) is 4.40 Å². The lowest BCUT2D eigenvalue weighted by Gasteiger charge is -1.91. The lowest BCUT2D eigenvalue weighted by atomic mass is 10.2. The van der Waals surface area contributed by atoms with Gasteiger partial charge in [-0.2, -0.15) is 0 Å². The average Bonchev–Trinajstić information content (AvgIpc) is 2.16. The Hall–Kier alpha value is -0.830. The molecule has 68 valence electrons. The maximum Gasteiger partial charge on any atom is 0.0758 e. The van der Waals surface area contributed by atoms with E-state index in [9.17, 15) is 0 Å². The van der Waals surface area contributed by atoms with Crippen molar-refractivity contribution in [2.45, 2.75) is 20.8 Å². The van der Waals surface area contributed by atoms with Gasteiger partial charge < -0.3 is 0 Å². The number of thiol groups is 1. The fraction of sp³-hybridized carbons (Fsp3) is 0.333. The van der Waals surface area contributed by atoms with Crippen molar-refractivity contribution in [3.05, 3.63) is 24.8 Å². The van der Waals surface area contributed by atoms with E-state index in [1.165, 1.54) is 0 Å². The molecule has 0 atom stereocenters. The molecule has 0 radical (unpaired) electrons. The van der Waals surface area contributed by atoms with Gasteiger partial charge in [0.1, 0.15) is 0 Å². The fourth-order valence-electron chi connectivity index (χ4n) is 0.339. The first kappa shape index (κ1) is 13.7. The molecule has 0 fully saturated rings. The van der Waals surface area contributed by atoms with Gasteiger partial charge in [-0.15, -0.1) is 0 Å². The first-order valence-corrected chi connectivity index (χ1v) is 4.19. The number of nitrogens with zero attached hydrogens (tertiary/aromatic N) is 1. The van der Waals surface area contributed by atoms with Crippen molar-refractivity contribution in [3.63, 3.8) is 0 Å². The molecule has 0 saturated heterocycles. The molecule has 0 aliphatic rings. The molecule has 0 aromatic rings. The summed E-state index contributed by atoms with van der Waals surface area (Å²) in [6.07, 6.45) is 4.91. The van der Waals surface area contributed by atoms with Crippen molar-refractivity contribution < 1.29 is 0 Å². The van der Waals surface area contributed by atoms with E-state index in [4.69, 9.17) is 5.41 Å². The lowest BCUT2D eigenvalue weighted by Crippen LogP contribution is -2.03. The monoisotopic (exact) mass is 184 g/mol. The Morgan fingerprint density at radius 2 is 2.00 bits per heavy atom. The normalized spacial score (nSPS) is 10.5. The van der Waals surface area contributed by atoms with Crippen molar-refractivity contribution in [2.75, 3.05) is 0 Å². The highest BCUT2D eigenvalue weighted by Gasteiger charge is 1.92. The predicted octanol–water partition coefficient (Wildman–Crippen LogP) is 3.08. The minimum absolute atomic E-state index is 0.356. The van der Waals surface area contributed by atoms with Crippen LogP contribution in [0.25, 0.3) is 0 Å². The maximum absolute atomic E-state index is 7.28. The quantitative estimate of drug-likeness (QED) is 0.384. The summed E-state index contributed by atoms with van der Waals surface area (Å²) in [6.45, 7) is 9.20. The minimum Gasteiger partial charge on any atom is -0.299 e. The number of rotatable bonds is 3. The second-order valence-electron chi connectivity index (χ2n) is 1.69. The molecule has 0 unspecified atom stereocenters. The summed E-state index contributed by atoms with van der Waals surface area (Å²) in [7, 11) is 0. The summed E-state index contributed by atoms with van der Waals surface area (Å²) in [6, 6.07) is 0. The summed E-state index contributed by atoms with van der Waals surface area (Å²) in [5.74, 6) is 0. The van der Waals surface area contributed by atoms with Crippen LogP contribution in [-0.2, 0) is 0 Å². The van der Waals surface area contributed by atoms with Crippen molar-refractivity contribution >= 4 is 24.2 Å². The first-order chi connectivity index (χ1) is 5.72. The highest BCUT2D eigenvalue weighted by atomic mass is 32.1. The summed E-state index contributed by atoms with van der Waals surface area (Å²) >= 11 is 3.66. The summed E-state index contributed by atoms with van der Waals surface area (Å²) < 4.78 is 3.54. The summed E-state index contributed by atoms with van der Waals surface area (Å²) in [5.41, 5.74) is 0.955. The van der Waals surface area contributed by atoms with E-state index >= 15 is 0 Å². The topological polar surface area (TPSA) is 36.2 Å². The highest BCUT2D eigenvalue weighted by molar-refractivity contribution is 7.79. The van der Waals surface area contributed by atoms with Crippen LogP contribution in [-0.4, -0.2) is 11.4 Å². The zero-order valence-corrected chi connectivity index (χ0v) is 8.73. The molecular weight excluding hydrogens is 168 g/mol. The summed E-state index contributed by atoms with van der Waals surface area (Å²) in [4.78, 5) is 0. The van der Waals surface area contributed by atoms with E-state index in [2.05, 4.69) is 23.8 Å². The van der Waals surface area contributed by atoms with Gasteiger partial charge in [0, 0.05) is 0 Å². The van der Waals surface area contributed by atoms with E-state index in [0.717, 1.165) is 0 Å². The molecule has 0 heterocycles. The standard InChI is InChI=1S/C7H10N2S.C2H6/c1-3-4-5-7(8)6(2)9-10;1-2/h3-5,8,10H,1H2,2H3;1-2H3/b5-4-,8-7?,9-6-;. The Morgan fingerprint density at radius 3 is 2.33 bits per heavy atom. The van der Waals surface area contributed by atoms with Crippen LogP contribution in [0.4, 0.5) is 0 Å². The van der Waals surface area contributed by atoms with E-state index < -0.39 is 0 Å². The SMILES string of the molecule is C=C/C=C\C(=N)/C(C)=N\S.CC. The molecule has 3 heteroatoms. The van der Waals surface area contributed by atoms with Crippen LogP contribution in [0.5, 0.6) is 0 Å². The maximum atomic E-state index is 7.28. The van der Waals surface area contributed by atoms with E-state index in [0.29, 0.717) is 11.4 Å². The highest BCUT2D eigenvalue weighted by Crippen LogP contribution is 1.87. The third-order valence-electron chi connectivity index (χ3n) is 0.939. The Balaban J connectivity index is 0. The fourth-order valence-corrected chi connectivity index (χ4v) is 0.446. The van der Waals surface area contributed by atoms with Crippen LogP contribution < -0.4 is 0 Å². The third-order valence-corrected chi connectivity index (χ3v) is 1.24. The molecular formula is C9H16N2S. The van der Waals surface area contributed by atoms with E-state index in [1.54, 1.807) is 25.2 Å². The lowest BCUT2D eigenvalue weighted by molar-refractivity contribution is 1.50. The zero-order chi connectivity index (χ0) is 9.98. The molecule has 1 N–H and O–H groups in total. The molecule has 0 aromatic heterocycles. The van der Waals surface area contributed by atoms with Gasteiger partial charge in [0.2, 0.25) is 0 Å². The van der Waals surface area contributed by atoms with Gasteiger partial charge in [-0.1, -0.05) is 32.6 Å². The van der Waals surface area contributed by atoms with Crippen LogP contribution in [0.15, 0.2) is 29.2 Å². The first-order valence-electron chi connectivity index (χ1n) is 3.79. The molecule has 0 rings (SSSR count). The van der Waals surface area contributed by atoms with Gasteiger partial charge in [-0.3, -0.25) is 5.41 Å². The van der Waals surface area contributed by atoms with Crippen molar-refractivity contribution in [3.8, 4) is 0 Å². The van der Waals surface area contributed by atoms with Crippen molar-refractivity contribution in [1.29, 1.82) is 5.41 Å². The largest absolute Gasteiger partial charge is 0.299 e. The van der Waals surface area contributed by atoms with Crippen LogP contribution in [0.2, 0.25) is 0 Å². The predicted molar refractivity (Wildman–Crippen MR) is 60.5 cm³/mol. The number of hydrogen-bond donors (Lipinski definition) is 2. The molecule has 0 aliphatic carbocycles. The Kier molecular flexibility index (Phi) is 11.6. The molecule has 0 aromatic carbocycles. The van der Waals surface area contributed by atoms with Gasteiger partial charge in [0.05, 0.1) is 11.4 Å². The smallest absolute Gasteiger partial charge is 0.0758 e. The Labute approximate surface area is 80.2 Å². The van der Waals surface area contributed by atoms with Crippen molar-refractivity contribution in [2.24, 2.45) is 4.40 Å². The number of allylic oxidation sites excluding steroid dienone is 3. The summed E-state index contributed by atoms with van der Waals surface area (Å²) in [5, 5.41) is 7.28. The van der Waals surface area contributed by atoms with Gasteiger partial charge in [-0.05, 0) is 25.8 Å². The molecule has 0 saturated carbocycles. The third kappa shape index (κ3) is 7.28. The molecule has 0 aliphatic heterocycles. The molecule has 2 nitrogen and oxygen atoms in total. The van der Waals surface area contributed by atoms with E-state index in [1.807, 2.05) is 13.8 Å². The van der Waals surface area contributed by atoms with Crippen LogP contribution >= 0.6 is 12.8 Å². The Morgan fingerprint density at radius 1 is 1.50 bits per heavy atom. The second kappa shape index (κ2) is 10.2. The molecule has 0 bridgehead atoms. The molecule has 0 spiro atoms. The minimum atomic E-state index is 0.356. The van der Waals surface area contributed by atoms with Gasteiger partial charge in [0.25, 0.3) is 0 Å². The van der Waals surface area contributed by atoms with Crippen LogP contribution in [0, 0.1) is 5.41 Å². The average molecular weight is 184 g/mol. The van der Waals surface area contributed by atoms with E-state index in [-0.39, 0.29) is 0 Å². The van der Waals surface area contributed by atoms with Gasteiger partial charge >= 0.3 is 0 Å². The molecule has 0 amide bonds. The molecule has 12 heavy (non-hydrogen) atoms. The van der Waals surface area contributed by atoms with Crippen molar-refractivity contribution in [1.82, 2.24) is 0 Å². The number of nitrogens with one attached hydrogen (secondary N) is 1. The van der Waals surface area contributed by atoms with Gasteiger partial charge in [0.15, 0.2) is 0 Å². The number of hydrogen-bond acceptors (Lipinski definition) is 3.